The lowest BCUT2D eigenvalue weighted by atomic mass is 9.59. The van der Waals surface area contributed by atoms with E-state index < -0.39 is 6.04 Å². The van der Waals surface area contributed by atoms with Crippen LogP contribution in [0.5, 0.6) is 0 Å². The third kappa shape index (κ3) is 3.26. The molecule has 3 amide bonds. The monoisotopic (exact) mass is 396 g/mol. The second-order valence-electron chi connectivity index (χ2n) is 8.98. The van der Waals surface area contributed by atoms with Crippen LogP contribution in [-0.2, 0) is 22.7 Å². The van der Waals surface area contributed by atoms with Crippen molar-refractivity contribution >= 4 is 17.7 Å². The van der Waals surface area contributed by atoms with Gasteiger partial charge in [-0.1, -0.05) is 12.1 Å². The largest absolute Gasteiger partial charge is 0.322 e. The van der Waals surface area contributed by atoms with Crippen molar-refractivity contribution in [1.82, 2.24) is 20.9 Å². The van der Waals surface area contributed by atoms with Crippen LogP contribution in [0.3, 0.4) is 0 Å². The minimum Gasteiger partial charge on any atom is -0.322 e. The first-order chi connectivity index (χ1) is 14.1. The molecular weight excluding hydrogens is 368 g/mol. The summed E-state index contributed by atoms with van der Waals surface area (Å²) in [5, 5.41) is 9.57. The van der Waals surface area contributed by atoms with Gasteiger partial charge in [0.05, 0.1) is 0 Å². The van der Waals surface area contributed by atoms with Crippen molar-refractivity contribution in [3.8, 4) is 0 Å². The number of fused-ring (bicyclic) bond motifs is 1. The lowest BCUT2D eigenvalue weighted by Gasteiger charge is -2.52. The van der Waals surface area contributed by atoms with Gasteiger partial charge in [-0.25, -0.2) is 0 Å². The van der Waals surface area contributed by atoms with Gasteiger partial charge in [0, 0.05) is 31.1 Å². The minimum atomic E-state index is -0.552. The van der Waals surface area contributed by atoms with Crippen LogP contribution in [0.1, 0.15) is 60.0 Å². The van der Waals surface area contributed by atoms with E-state index in [1.165, 1.54) is 31.2 Å². The van der Waals surface area contributed by atoms with Crippen molar-refractivity contribution in [1.29, 1.82) is 0 Å². The van der Waals surface area contributed by atoms with E-state index in [0.717, 1.165) is 25.2 Å². The average Bonchev–Trinajstić information content (AvgIpc) is 3.04. The Hall–Kier alpha value is -2.25. The predicted octanol–water partition coefficient (Wildman–Crippen LogP) is 1.07. The molecule has 5 rings (SSSR count). The molecule has 2 unspecified atom stereocenters. The number of rotatable bonds is 4. The third-order valence-corrected chi connectivity index (χ3v) is 7.41. The lowest BCUT2D eigenvalue weighted by Crippen LogP contribution is -2.57. The zero-order chi connectivity index (χ0) is 20.0. The normalized spacial score (nSPS) is 28.3. The first-order valence-corrected chi connectivity index (χ1v) is 10.8. The molecule has 1 aromatic carbocycles. The van der Waals surface area contributed by atoms with Crippen molar-refractivity contribution in [3.63, 3.8) is 0 Å². The van der Waals surface area contributed by atoms with E-state index in [4.69, 9.17) is 0 Å². The van der Waals surface area contributed by atoms with Gasteiger partial charge in [-0.15, -0.1) is 0 Å². The maximum atomic E-state index is 12.8. The lowest BCUT2D eigenvalue weighted by molar-refractivity contribution is -0.136. The molecule has 4 aliphatic rings. The fourth-order valence-electron chi connectivity index (χ4n) is 5.52. The molecule has 7 nitrogen and oxygen atoms in total. The van der Waals surface area contributed by atoms with Gasteiger partial charge < -0.3 is 15.5 Å². The van der Waals surface area contributed by atoms with Gasteiger partial charge in [-0.05, 0) is 67.8 Å². The number of nitrogens with zero attached hydrogens (tertiary/aromatic N) is 1. The van der Waals surface area contributed by atoms with Crippen LogP contribution in [0.4, 0.5) is 0 Å². The number of nitrogens with one attached hydrogen (secondary N) is 3. The molecule has 7 heteroatoms. The van der Waals surface area contributed by atoms with Gasteiger partial charge in [0.2, 0.25) is 11.8 Å². The Morgan fingerprint density at radius 1 is 1.10 bits per heavy atom. The molecule has 3 aliphatic heterocycles. The Balaban J connectivity index is 1.24. The van der Waals surface area contributed by atoms with Gasteiger partial charge in [-0.3, -0.25) is 19.7 Å². The molecule has 1 saturated carbocycles. The van der Waals surface area contributed by atoms with Crippen molar-refractivity contribution in [2.24, 2.45) is 5.41 Å². The van der Waals surface area contributed by atoms with Crippen LogP contribution in [0.2, 0.25) is 0 Å². The zero-order valence-electron chi connectivity index (χ0n) is 16.6. The summed E-state index contributed by atoms with van der Waals surface area (Å²) in [6.07, 6.45) is 5.76. The van der Waals surface area contributed by atoms with Crippen LogP contribution in [0.15, 0.2) is 18.2 Å². The highest BCUT2D eigenvalue weighted by Gasteiger charge is 2.46. The van der Waals surface area contributed by atoms with Gasteiger partial charge >= 0.3 is 0 Å². The molecule has 3 fully saturated rings. The number of carbonyl (C=O) groups is 3. The number of amides is 3. The summed E-state index contributed by atoms with van der Waals surface area (Å²) in [5.41, 5.74) is 3.30. The molecule has 1 aromatic rings. The molecule has 0 bridgehead atoms. The minimum absolute atomic E-state index is 0.110. The first kappa shape index (κ1) is 18.8. The van der Waals surface area contributed by atoms with E-state index in [0.29, 0.717) is 30.0 Å². The Labute approximate surface area is 170 Å². The quantitative estimate of drug-likeness (QED) is 0.663. The number of imide groups is 1. The van der Waals surface area contributed by atoms with Crippen LogP contribution in [0.25, 0.3) is 0 Å². The van der Waals surface area contributed by atoms with E-state index in [-0.39, 0.29) is 24.1 Å². The van der Waals surface area contributed by atoms with Crippen molar-refractivity contribution in [2.45, 2.75) is 63.7 Å². The van der Waals surface area contributed by atoms with Crippen LogP contribution in [0, 0.1) is 5.41 Å². The number of piperidine rings is 2. The predicted molar refractivity (Wildman–Crippen MR) is 107 cm³/mol. The number of hydrogen-bond acceptors (Lipinski definition) is 5. The summed E-state index contributed by atoms with van der Waals surface area (Å²) >= 11 is 0. The smallest absolute Gasteiger partial charge is 0.255 e. The second kappa shape index (κ2) is 7.22. The topological polar surface area (TPSA) is 90.5 Å². The van der Waals surface area contributed by atoms with Crippen LogP contribution in [-0.4, -0.2) is 47.8 Å². The SMILES string of the molecule is O=C1CCC(N2Cc3cc(CNC4CCC45CCNCC5)ccc3C2=O)C(=O)N1. The van der Waals surface area contributed by atoms with Gasteiger partial charge in [-0.2, -0.15) is 0 Å². The summed E-state index contributed by atoms with van der Waals surface area (Å²) < 4.78 is 0. The molecule has 0 aromatic heterocycles. The molecule has 29 heavy (non-hydrogen) atoms. The number of carbonyl (C=O) groups excluding carboxylic acids is 3. The van der Waals surface area contributed by atoms with Gasteiger partial charge in [0.1, 0.15) is 6.04 Å². The summed E-state index contributed by atoms with van der Waals surface area (Å²) in [5.74, 6) is -0.727. The van der Waals surface area contributed by atoms with E-state index >= 15 is 0 Å². The molecule has 2 saturated heterocycles. The summed E-state index contributed by atoms with van der Waals surface area (Å²) in [6.45, 7) is 3.48. The van der Waals surface area contributed by atoms with Gasteiger partial charge in [0.25, 0.3) is 5.91 Å². The van der Waals surface area contributed by atoms with Crippen molar-refractivity contribution in [2.75, 3.05) is 13.1 Å². The molecular formula is C22H28N4O3. The summed E-state index contributed by atoms with van der Waals surface area (Å²) in [4.78, 5) is 38.0. The highest BCUT2D eigenvalue weighted by Crippen LogP contribution is 2.48. The number of hydrogen-bond donors (Lipinski definition) is 3. The molecule has 3 N–H and O–H groups in total. The Morgan fingerprint density at radius 3 is 2.66 bits per heavy atom. The van der Waals surface area contributed by atoms with E-state index in [2.05, 4.69) is 22.0 Å². The van der Waals surface area contributed by atoms with Crippen molar-refractivity contribution in [3.05, 3.63) is 34.9 Å². The standard InChI is InChI=1S/C22H28N4O3/c27-19-4-3-17(20(28)25-19)26-13-15-11-14(1-2-16(15)21(26)29)12-24-18-5-6-22(18)7-9-23-10-8-22/h1-2,11,17-18,23-24H,3-10,12-13H2,(H,25,27,28). The first-order valence-electron chi connectivity index (χ1n) is 10.8. The molecule has 2 atom stereocenters. The van der Waals surface area contributed by atoms with Crippen LogP contribution >= 0.6 is 0 Å². The van der Waals surface area contributed by atoms with E-state index in [1.807, 2.05) is 12.1 Å². The number of benzene rings is 1. The summed E-state index contributed by atoms with van der Waals surface area (Å²) in [7, 11) is 0. The molecule has 1 aliphatic carbocycles. The fourth-order valence-corrected chi connectivity index (χ4v) is 5.52. The van der Waals surface area contributed by atoms with Crippen molar-refractivity contribution < 1.29 is 14.4 Å². The highest BCUT2D eigenvalue weighted by molar-refractivity contribution is 6.05. The Kier molecular flexibility index (Phi) is 4.67. The van der Waals surface area contributed by atoms with Gasteiger partial charge in [0.15, 0.2) is 0 Å². The second-order valence-corrected chi connectivity index (χ2v) is 8.98. The Bertz CT molecular complexity index is 862. The zero-order valence-corrected chi connectivity index (χ0v) is 16.6. The van der Waals surface area contributed by atoms with E-state index in [1.54, 1.807) is 4.90 Å². The average molecular weight is 396 g/mol. The molecule has 3 heterocycles. The Morgan fingerprint density at radius 2 is 1.93 bits per heavy atom. The molecule has 154 valence electrons. The molecule has 0 radical (unpaired) electrons. The maximum Gasteiger partial charge on any atom is 0.255 e. The highest BCUT2D eigenvalue weighted by atomic mass is 16.2. The van der Waals surface area contributed by atoms with Crippen LogP contribution < -0.4 is 16.0 Å². The summed E-state index contributed by atoms with van der Waals surface area (Å²) in [6, 6.07) is 6.04. The fraction of sp³-hybridized carbons (Fsp3) is 0.591. The molecule has 1 spiro atoms. The third-order valence-electron chi connectivity index (χ3n) is 7.41. The van der Waals surface area contributed by atoms with E-state index in [9.17, 15) is 14.4 Å². The maximum absolute atomic E-state index is 12.8.